The Balaban J connectivity index is 2.66. The molecule has 0 aliphatic heterocycles. The van der Waals surface area contributed by atoms with E-state index in [-0.39, 0.29) is 23.4 Å². The molecule has 0 saturated heterocycles. The minimum absolute atomic E-state index is 0.0843. The molecule has 16 heavy (non-hydrogen) atoms. The molecule has 0 spiro atoms. The van der Waals surface area contributed by atoms with E-state index < -0.39 is 17.4 Å². The van der Waals surface area contributed by atoms with Gasteiger partial charge in [-0.15, -0.1) is 0 Å². The van der Waals surface area contributed by atoms with Crippen LogP contribution < -0.4 is 10.9 Å². The molecule has 86 valence electrons. The van der Waals surface area contributed by atoms with Crippen LogP contribution >= 0.6 is 12.2 Å². The van der Waals surface area contributed by atoms with Gasteiger partial charge in [-0.1, -0.05) is 0 Å². The van der Waals surface area contributed by atoms with E-state index in [1.165, 1.54) is 0 Å². The van der Waals surface area contributed by atoms with Crippen LogP contribution in [0.5, 0.6) is 0 Å². The fourth-order valence-corrected chi connectivity index (χ4v) is 1.18. The zero-order chi connectivity index (χ0) is 12.1. The van der Waals surface area contributed by atoms with Crippen LogP contribution in [0.2, 0.25) is 0 Å². The largest absolute Gasteiger partial charge is 0.481 e. The molecular formula is C8H9N3O4S. The molecule has 4 N–H and O–H groups in total. The lowest BCUT2D eigenvalue weighted by molar-refractivity contribution is -0.138. The monoisotopic (exact) mass is 243 g/mol. The highest BCUT2D eigenvalue weighted by Gasteiger charge is 2.06. The lowest BCUT2D eigenvalue weighted by Crippen LogP contribution is -2.17. The average molecular weight is 243 g/mol. The predicted octanol–water partition coefficient (Wildman–Crippen LogP) is 0.236. The van der Waals surface area contributed by atoms with Crippen molar-refractivity contribution in [1.82, 2.24) is 9.97 Å². The fraction of sp³-hybridized carbons (Fsp3) is 0.250. The maximum atomic E-state index is 11.2. The van der Waals surface area contributed by atoms with Crippen molar-refractivity contribution in [2.75, 3.05) is 5.32 Å². The second-order valence-corrected chi connectivity index (χ2v) is 3.35. The average Bonchev–Trinajstić information content (AvgIpc) is 2.12. The Kier molecular flexibility index (Phi) is 3.95. The number of aromatic amines is 2. The van der Waals surface area contributed by atoms with Crippen molar-refractivity contribution >= 4 is 29.9 Å². The highest BCUT2D eigenvalue weighted by atomic mass is 32.1. The molecule has 1 amide bonds. The first-order chi connectivity index (χ1) is 7.47. The van der Waals surface area contributed by atoms with Gasteiger partial charge in [0.2, 0.25) is 5.91 Å². The third kappa shape index (κ3) is 4.05. The normalized spacial score (nSPS) is 9.75. The van der Waals surface area contributed by atoms with Gasteiger partial charge in [0.15, 0.2) is 4.77 Å². The van der Waals surface area contributed by atoms with Crippen LogP contribution in [-0.4, -0.2) is 27.0 Å². The van der Waals surface area contributed by atoms with Gasteiger partial charge in [-0.3, -0.25) is 19.4 Å². The first-order valence-corrected chi connectivity index (χ1v) is 4.73. The van der Waals surface area contributed by atoms with Crippen LogP contribution in [-0.2, 0) is 9.59 Å². The molecule has 0 aliphatic carbocycles. The van der Waals surface area contributed by atoms with E-state index in [2.05, 4.69) is 27.5 Å². The van der Waals surface area contributed by atoms with E-state index in [1.54, 1.807) is 0 Å². The lowest BCUT2D eigenvalue weighted by atomic mass is 10.3. The summed E-state index contributed by atoms with van der Waals surface area (Å²) in [4.78, 5) is 37.2. The summed E-state index contributed by atoms with van der Waals surface area (Å²) in [6, 6.07) is 1.12. The van der Waals surface area contributed by atoms with E-state index in [9.17, 15) is 14.4 Å². The Morgan fingerprint density at radius 3 is 2.62 bits per heavy atom. The summed E-state index contributed by atoms with van der Waals surface area (Å²) in [5.41, 5.74) is -0.447. The minimum atomic E-state index is -1.06. The molecule has 0 atom stereocenters. The van der Waals surface area contributed by atoms with Gasteiger partial charge < -0.3 is 15.4 Å². The summed E-state index contributed by atoms with van der Waals surface area (Å²) in [5, 5.41) is 10.7. The number of hydrogen-bond acceptors (Lipinski definition) is 4. The Hall–Kier alpha value is -1.96. The van der Waals surface area contributed by atoms with Gasteiger partial charge in [0.1, 0.15) is 5.82 Å². The van der Waals surface area contributed by atoms with Gasteiger partial charge in [0.05, 0.1) is 6.42 Å². The standard InChI is InChI=1S/C8H9N3O4S/c12-5(1-2-7(14)15)9-4-3-6(13)11-8(16)10-4/h3H,1-2H2,(H,14,15)(H3,9,10,11,12,13,16). The number of aromatic nitrogens is 2. The van der Waals surface area contributed by atoms with Crippen LogP contribution in [0.25, 0.3) is 0 Å². The molecule has 0 unspecified atom stereocenters. The maximum Gasteiger partial charge on any atom is 0.303 e. The summed E-state index contributed by atoms with van der Waals surface area (Å²) in [5.74, 6) is -1.42. The van der Waals surface area contributed by atoms with Crippen LogP contribution in [0.1, 0.15) is 12.8 Å². The number of aliphatic carboxylic acids is 1. The minimum Gasteiger partial charge on any atom is -0.481 e. The molecule has 1 rings (SSSR count). The van der Waals surface area contributed by atoms with Gasteiger partial charge in [0, 0.05) is 12.5 Å². The second-order valence-electron chi connectivity index (χ2n) is 2.94. The third-order valence-electron chi connectivity index (χ3n) is 1.60. The first kappa shape index (κ1) is 12.1. The van der Waals surface area contributed by atoms with Crippen LogP contribution in [0.4, 0.5) is 5.82 Å². The summed E-state index contributed by atoms with van der Waals surface area (Å²) in [7, 11) is 0. The van der Waals surface area contributed by atoms with E-state index in [0.29, 0.717) is 0 Å². The molecule has 0 saturated carbocycles. The molecule has 8 heteroatoms. The second kappa shape index (κ2) is 5.21. The number of carboxylic acids is 1. The Morgan fingerprint density at radius 1 is 1.38 bits per heavy atom. The number of amides is 1. The molecule has 0 aromatic carbocycles. The van der Waals surface area contributed by atoms with Crippen LogP contribution in [0.15, 0.2) is 10.9 Å². The molecule has 0 bridgehead atoms. The number of nitrogens with one attached hydrogen (secondary N) is 3. The van der Waals surface area contributed by atoms with Crippen molar-refractivity contribution in [3.8, 4) is 0 Å². The van der Waals surface area contributed by atoms with Gasteiger partial charge in [0.25, 0.3) is 5.56 Å². The van der Waals surface area contributed by atoms with Crippen molar-refractivity contribution in [2.24, 2.45) is 0 Å². The van der Waals surface area contributed by atoms with Crippen molar-refractivity contribution in [2.45, 2.75) is 12.8 Å². The molecule has 0 fully saturated rings. The number of carboxylic acid groups (broad SMARTS) is 1. The van der Waals surface area contributed by atoms with E-state index >= 15 is 0 Å². The number of carbonyl (C=O) groups is 2. The van der Waals surface area contributed by atoms with Crippen molar-refractivity contribution in [1.29, 1.82) is 0 Å². The maximum absolute atomic E-state index is 11.2. The summed E-state index contributed by atoms with van der Waals surface area (Å²) in [6.07, 6.45) is -0.432. The molecule has 7 nitrogen and oxygen atoms in total. The highest BCUT2D eigenvalue weighted by Crippen LogP contribution is 1.99. The zero-order valence-electron chi connectivity index (χ0n) is 8.07. The zero-order valence-corrected chi connectivity index (χ0v) is 8.89. The molecular weight excluding hydrogens is 234 g/mol. The van der Waals surface area contributed by atoms with Crippen molar-refractivity contribution in [3.63, 3.8) is 0 Å². The van der Waals surface area contributed by atoms with Gasteiger partial charge in [-0.2, -0.15) is 0 Å². The quantitative estimate of drug-likeness (QED) is 0.565. The third-order valence-corrected chi connectivity index (χ3v) is 1.80. The topological polar surface area (TPSA) is 115 Å². The number of carbonyl (C=O) groups excluding carboxylic acids is 1. The smallest absolute Gasteiger partial charge is 0.303 e. The van der Waals surface area contributed by atoms with Gasteiger partial charge in [-0.25, -0.2) is 0 Å². The Morgan fingerprint density at radius 2 is 2.06 bits per heavy atom. The summed E-state index contributed by atoms with van der Waals surface area (Å²) < 4.78 is 0.0843. The Bertz CT molecular complexity index is 490. The molecule has 1 aromatic rings. The van der Waals surface area contributed by atoms with Gasteiger partial charge in [-0.05, 0) is 12.2 Å². The predicted molar refractivity (Wildman–Crippen MR) is 57.7 cm³/mol. The van der Waals surface area contributed by atoms with E-state index in [4.69, 9.17) is 5.11 Å². The summed E-state index contributed by atoms with van der Waals surface area (Å²) >= 11 is 4.69. The first-order valence-electron chi connectivity index (χ1n) is 4.32. The molecule has 0 radical (unpaired) electrons. The highest BCUT2D eigenvalue weighted by molar-refractivity contribution is 7.71. The molecule has 1 heterocycles. The molecule has 0 aliphatic rings. The van der Waals surface area contributed by atoms with E-state index in [1.807, 2.05) is 0 Å². The fourth-order valence-electron chi connectivity index (χ4n) is 0.969. The summed E-state index contributed by atoms with van der Waals surface area (Å²) in [6.45, 7) is 0. The van der Waals surface area contributed by atoms with Gasteiger partial charge >= 0.3 is 5.97 Å². The number of rotatable bonds is 4. The Labute approximate surface area is 94.5 Å². The van der Waals surface area contributed by atoms with Crippen molar-refractivity contribution in [3.05, 3.63) is 21.2 Å². The van der Waals surface area contributed by atoms with Crippen LogP contribution in [0, 0.1) is 4.77 Å². The number of H-pyrrole nitrogens is 2. The lowest BCUT2D eigenvalue weighted by Gasteiger charge is -2.02. The number of anilines is 1. The van der Waals surface area contributed by atoms with Crippen molar-refractivity contribution < 1.29 is 14.7 Å². The molecule has 1 aromatic heterocycles. The van der Waals surface area contributed by atoms with Crippen LogP contribution in [0.3, 0.4) is 0 Å². The SMILES string of the molecule is O=C(O)CCC(=O)Nc1cc(=O)[nH]c(=S)[nH]1. The van der Waals surface area contributed by atoms with E-state index in [0.717, 1.165) is 6.07 Å². The number of hydrogen-bond donors (Lipinski definition) is 4.